The Morgan fingerprint density at radius 1 is 0.882 bits per heavy atom. The molecular weight excluding hydrogens is 259 g/mol. The Bertz CT molecular complexity index is 483. The fourth-order valence-electron chi connectivity index (χ4n) is 1.57. The van der Waals surface area contributed by atoms with Gasteiger partial charge in [-0.3, -0.25) is 0 Å². The summed E-state index contributed by atoms with van der Waals surface area (Å²) < 4.78 is 0. The second kappa shape index (κ2) is 6.23. The molecule has 5 heteroatoms. The largest absolute Gasteiger partial charge is 0.507 e. The molecule has 0 unspecified atom stereocenters. The third-order valence-corrected chi connectivity index (χ3v) is 2.25. The SMILES string of the molecule is Cl.Cl.Nc1cccc(-c2c(N)cccc2O)c1. The monoisotopic (exact) mass is 272 g/mol. The van der Waals surface area contributed by atoms with Gasteiger partial charge in [0.1, 0.15) is 5.75 Å². The van der Waals surface area contributed by atoms with Crippen LogP contribution in [0.3, 0.4) is 0 Å². The Morgan fingerprint density at radius 3 is 2.12 bits per heavy atom. The van der Waals surface area contributed by atoms with Crippen molar-refractivity contribution in [3.05, 3.63) is 42.5 Å². The van der Waals surface area contributed by atoms with Crippen LogP contribution in [0.1, 0.15) is 0 Å². The van der Waals surface area contributed by atoms with Gasteiger partial charge in [-0.2, -0.15) is 0 Å². The predicted molar refractivity (Wildman–Crippen MR) is 76.9 cm³/mol. The van der Waals surface area contributed by atoms with Crippen molar-refractivity contribution in [3.8, 4) is 16.9 Å². The molecule has 0 radical (unpaired) electrons. The lowest BCUT2D eigenvalue weighted by Gasteiger charge is -2.08. The van der Waals surface area contributed by atoms with E-state index in [9.17, 15) is 5.11 Å². The van der Waals surface area contributed by atoms with Crippen molar-refractivity contribution in [3.63, 3.8) is 0 Å². The summed E-state index contributed by atoms with van der Waals surface area (Å²) in [7, 11) is 0. The molecule has 0 aliphatic heterocycles. The first kappa shape index (κ1) is 15.4. The third-order valence-electron chi connectivity index (χ3n) is 2.25. The number of hydrogen-bond donors (Lipinski definition) is 3. The number of rotatable bonds is 1. The number of anilines is 2. The minimum Gasteiger partial charge on any atom is -0.507 e. The molecule has 92 valence electrons. The predicted octanol–water partition coefficient (Wildman–Crippen LogP) is 3.07. The van der Waals surface area contributed by atoms with Crippen molar-refractivity contribution in [1.82, 2.24) is 0 Å². The molecule has 2 aromatic rings. The van der Waals surface area contributed by atoms with Crippen molar-refractivity contribution in [2.45, 2.75) is 0 Å². The van der Waals surface area contributed by atoms with Crippen LogP contribution in [0.5, 0.6) is 5.75 Å². The maximum Gasteiger partial charge on any atom is 0.125 e. The number of aromatic hydroxyl groups is 1. The molecule has 0 saturated heterocycles. The van der Waals surface area contributed by atoms with E-state index in [-0.39, 0.29) is 30.6 Å². The van der Waals surface area contributed by atoms with Gasteiger partial charge in [-0.25, -0.2) is 0 Å². The van der Waals surface area contributed by atoms with Gasteiger partial charge in [-0.1, -0.05) is 18.2 Å². The maximum atomic E-state index is 9.71. The quantitative estimate of drug-likeness (QED) is 0.699. The number of hydrogen-bond acceptors (Lipinski definition) is 3. The van der Waals surface area contributed by atoms with Crippen molar-refractivity contribution >= 4 is 36.2 Å². The van der Waals surface area contributed by atoms with Crippen LogP contribution in [0.2, 0.25) is 0 Å². The highest BCUT2D eigenvalue weighted by Crippen LogP contribution is 2.34. The molecule has 2 rings (SSSR count). The summed E-state index contributed by atoms with van der Waals surface area (Å²) in [5.41, 5.74) is 14.1. The van der Waals surface area contributed by atoms with Gasteiger partial charge in [0.2, 0.25) is 0 Å². The maximum absolute atomic E-state index is 9.71. The average molecular weight is 273 g/mol. The number of benzene rings is 2. The fraction of sp³-hybridized carbons (Fsp3) is 0. The summed E-state index contributed by atoms with van der Waals surface area (Å²) in [5.74, 6) is 0.167. The molecule has 0 atom stereocenters. The average Bonchev–Trinajstić information content (AvgIpc) is 2.17. The molecule has 0 heterocycles. The molecule has 0 aliphatic rings. The molecular formula is C12H14Cl2N2O. The molecule has 0 bridgehead atoms. The van der Waals surface area contributed by atoms with Crippen LogP contribution >= 0.6 is 24.8 Å². The Balaban J connectivity index is 0.00000128. The van der Waals surface area contributed by atoms with E-state index < -0.39 is 0 Å². The lowest BCUT2D eigenvalue weighted by molar-refractivity contribution is 0.477. The fourth-order valence-corrected chi connectivity index (χ4v) is 1.57. The number of nitrogen functional groups attached to an aromatic ring is 2. The van der Waals surface area contributed by atoms with Gasteiger partial charge >= 0.3 is 0 Å². The lowest BCUT2D eigenvalue weighted by atomic mass is 10.0. The molecule has 0 saturated carbocycles. The summed E-state index contributed by atoms with van der Waals surface area (Å²) in [4.78, 5) is 0. The van der Waals surface area contributed by atoms with Crippen molar-refractivity contribution < 1.29 is 5.11 Å². The Labute approximate surface area is 112 Å². The van der Waals surface area contributed by atoms with Crippen LogP contribution < -0.4 is 11.5 Å². The summed E-state index contributed by atoms with van der Waals surface area (Å²) in [6, 6.07) is 12.3. The number of nitrogens with two attached hydrogens (primary N) is 2. The highest BCUT2D eigenvalue weighted by Gasteiger charge is 2.07. The number of halogens is 2. The highest BCUT2D eigenvalue weighted by atomic mass is 35.5. The molecule has 0 aromatic heterocycles. The number of phenols is 1. The van der Waals surface area contributed by atoms with Gasteiger partial charge in [-0.15, -0.1) is 24.8 Å². The van der Waals surface area contributed by atoms with Gasteiger partial charge in [-0.05, 0) is 29.8 Å². The lowest BCUT2D eigenvalue weighted by Crippen LogP contribution is -1.91. The molecule has 0 fully saturated rings. The molecule has 17 heavy (non-hydrogen) atoms. The zero-order chi connectivity index (χ0) is 10.8. The first-order valence-corrected chi connectivity index (χ1v) is 4.62. The van der Waals surface area contributed by atoms with E-state index in [1.807, 2.05) is 12.1 Å². The molecule has 0 amide bonds. The van der Waals surface area contributed by atoms with Gasteiger partial charge in [0.15, 0.2) is 0 Å². The van der Waals surface area contributed by atoms with Crippen LogP contribution in [0.25, 0.3) is 11.1 Å². The van der Waals surface area contributed by atoms with Crippen molar-refractivity contribution in [2.24, 2.45) is 0 Å². The summed E-state index contributed by atoms with van der Waals surface area (Å²) in [6.07, 6.45) is 0. The van der Waals surface area contributed by atoms with Crippen LogP contribution in [0.4, 0.5) is 11.4 Å². The summed E-state index contributed by atoms with van der Waals surface area (Å²) in [6.45, 7) is 0. The Kier molecular flexibility index (Phi) is 5.65. The van der Waals surface area contributed by atoms with E-state index in [1.54, 1.807) is 30.3 Å². The van der Waals surface area contributed by atoms with Gasteiger partial charge in [0, 0.05) is 16.9 Å². The van der Waals surface area contributed by atoms with E-state index in [0.29, 0.717) is 16.9 Å². The molecule has 5 N–H and O–H groups in total. The Morgan fingerprint density at radius 2 is 1.53 bits per heavy atom. The first-order chi connectivity index (χ1) is 7.18. The van der Waals surface area contributed by atoms with E-state index in [0.717, 1.165) is 5.56 Å². The molecule has 0 spiro atoms. The molecule has 3 nitrogen and oxygen atoms in total. The standard InChI is InChI=1S/C12H12N2O.2ClH/c13-9-4-1-3-8(7-9)12-10(14)5-2-6-11(12)15;;/h1-7,15H,13-14H2;2*1H. The van der Waals surface area contributed by atoms with E-state index in [1.165, 1.54) is 0 Å². The topological polar surface area (TPSA) is 72.3 Å². The second-order valence-electron chi connectivity index (χ2n) is 3.37. The van der Waals surface area contributed by atoms with E-state index >= 15 is 0 Å². The van der Waals surface area contributed by atoms with Crippen molar-refractivity contribution in [2.75, 3.05) is 11.5 Å². The number of phenolic OH excluding ortho intramolecular Hbond substituents is 1. The Hall–Kier alpha value is -1.58. The summed E-state index contributed by atoms with van der Waals surface area (Å²) >= 11 is 0. The molecule has 2 aromatic carbocycles. The zero-order valence-corrected chi connectivity index (χ0v) is 10.6. The highest BCUT2D eigenvalue weighted by molar-refractivity contribution is 5.85. The van der Waals surface area contributed by atoms with Gasteiger partial charge in [0.25, 0.3) is 0 Å². The zero-order valence-electron chi connectivity index (χ0n) is 8.96. The van der Waals surface area contributed by atoms with E-state index in [4.69, 9.17) is 11.5 Å². The van der Waals surface area contributed by atoms with Crippen molar-refractivity contribution in [1.29, 1.82) is 0 Å². The third kappa shape index (κ3) is 3.19. The van der Waals surface area contributed by atoms with Crippen LogP contribution in [-0.4, -0.2) is 5.11 Å². The van der Waals surface area contributed by atoms with Crippen LogP contribution in [0, 0.1) is 0 Å². The minimum atomic E-state index is 0. The second-order valence-corrected chi connectivity index (χ2v) is 3.37. The van der Waals surface area contributed by atoms with Crippen LogP contribution in [-0.2, 0) is 0 Å². The van der Waals surface area contributed by atoms with E-state index in [2.05, 4.69) is 0 Å². The normalized spacial score (nSPS) is 8.94. The smallest absolute Gasteiger partial charge is 0.125 e. The first-order valence-electron chi connectivity index (χ1n) is 4.62. The minimum absolute atomic E-state index is 0. The van der Waals surface area contributed by atoms with Gasteiger partial charge < -0.3 is 16.6 Å². The van der Waals surface area contributed by atoms with Gasteiger partial charge in [0.05, 0.1) is 0 Å². The van der Waals surface area contributed by atoms with Crippen LogP contribution in [0.15, 0.2) is 42.5 Å². The summed E-state index contributed by atoms with van der Waals surface area (Å²) in [5, 5.41) is 9.71. The molecule has 0 aliphatic carbocycles.